The zero-order valence-corrected chi connectivity index (χ0v) is 11.2. The first kappa shape index (κ1) is 14.3. The van der Waals surface area contributed by atoms with Crippen LogP contribution in [0.15, 0.2) is 47.2 Å². The largest absolute Gasteiger partial charge is 0.467 e. The Labute approximate surface area is 120 Å². The summed E-state index contributed by atoms with van der Waals surface area (Å²) in [6.07, 6.45) is 5.13. The van der Waals surface area contributed by atoms with Gasteiger partial charge in [-0.3, -0.25) is 4.79 Å². The summed E-state index contributed by atoms with van der Waals surface area (Å²) in [5.74, 6) is 0.0988. The van der Waals surface area contributed by atoms with Gasteiger partial charge in [0.1, 0.15) is 17.0 Å². The second-order valence-corrected chi connectivity index (χ2v) is 4.41. The van der Waals surface area contributed by atoms with Crippen LogP contribution >= 0.6 is 11.6 Å². The van der Waals surface area contributed by atoms with Crippen LogP contribution in [0.1, 0.15) is 17.4 Å². The molecule has 1 atom stereocenters. The van der Waals surface area contributed by atoms with Gasteiger partial charge in [0.15, 0.2) is 0 Å². The molecule has 0 aliphatic rings. The van der Waals surface area contributed by atoms with Crippen molar-refractivity contribution in [3.8, 4) is 0 Å². The smallest absolute Gasteiger partial charge is 0.244 e. The number of furan rings is 1. The summed E-state index contributed by atoms with van der Waals surface area (Å²) in [6, 6.07) is 6.70. The maximum Gasteiger partial charge on any atom is 0.244 e. The molecule has 20 heavy (non-hydrogen) atoms. The Morgan fingerprint density at radius 1 is 1.50 bits per heavy atom. The number of amides is 1. The predicted molar refractivity (Wildman–Crippen MR) is 75.0 cm³/mol. The highest BCUT2D eigenvalue weighted by molar-refractivity contribution is 6.29. The summed E-state index contributed by atoms with van der Waals surface area (Å²) in [6.45, 7) is 0.0789. The van der Waals surface area contributed by atoms with Gasteiger partial charge < -0.3 is 14.8 Å². The molecule has 6 heteroatoms. The lowest BCUT2D eigenvalue weighted by molar-refractivity contribution is -0.116. The van der Waals surface area contributed by atoms with E-state index in [0.29, 0.717) is 10.9 Å². The van der Waals surface area contributed by atoms with Crippen molar-refractivity contribution in [1.82, 2.24) is 10.3 Å². The van der Waals surface area contributed by atoms with Gasteiger partial charge in [0.2, 0.25) is 5.91 Å². The van der Waals surface area contributed by atoms with Gasteiger partial charge in [0, 0.05) is 12.3 Å². The molecular weight excluding hydrogens is 280 g/mol. The van der Waals surface area contributed by atoms with E-state index in [9.17, 15) is 9.90 Å². The SMILES string of the molecule is O=C(/C=C/c1ccc(Cl)nc1)NCC(O)c1ccco1. The van der Waals surface area contributed by atoms with Crippen molar-refractivity contribution in [2.75, 3.05) is 6.54 Å². The van der Waals surface area contributed by atoms with Gasteiger partial charge in [-0.25, -0.2) is 4.98 Å². The molecule has 0 saturated carbocycles. The van der Waals surface area contributed by atoms with Gasteiger partial charge in [-0.15, -0.1) is 0 Å². The molecule has 1 unspecified atom stereocenters. The number of pyridine rings is 1. The lowest BCUT2D eigenvalue weighted by Crippen LogP contribution is -2.26. The molecule has 2 rings (SSSR count). The third kappa shape index (κ3) is 4.22. The number of aromatic nitrogens is 1. The van der Waals surface area contributed by atoms with Gasteiger partial charge in [0.25, 0.3) is 0 Å². The first-order chi connectivity index (χ1) is 9.65. The minimum Gasteiger partial charge on any atom is -0.467 e. The van der Waals surface area contributed by atoms with E-state index in [-0.39, 0.29) is 12.5 Å². The van der Waals surface area contributed by atoms with E-state index in [1.807, 2.05) is 0 Å². The normalized spacial score (nSPS) is 12.5. The number of halogens is 1. The maximum absolute atomic E-state index is 11.6. The molecule has 2 aromatic heterocycles. The molecule has 2 heterocycles. The topological polar surface area (TPSA) is 75.4 Å². The summed E-state index contributed by atoms with van der Waals surface area (Å²) >= 11 is 5.66. The number of aliphatic hydroxyl groups excluding tert-OH is 1. The minimum absolute atomic E-state index is 0.0789. The molecule has 0 aromatic carbocycles. The Balaban J connectivity index is 1.82. The molecule has 2 N–H and O–H groups in total. The van der Waals surface area contributed by atoms with E-state index in [2.05, 4.69) is 10.3 Å². The number of carbonyl (C=O) groups excluding carboxylic acids is 1. The molecule has 0 fully saturated rings. The van der Waals surface area contributed by atoms with Crippen molar-refractivity contribution in [3.05, 3.63) is 59.3 Å². The fourth-order valence-corrected chi connectivity index (χ4v) is 1.61. The van der Waals surface area contributed by atoms with Crippen LogP contribution in [-0.4, -0.2) is 22.5 Å². The molecule has 0 aliphatic carbocycles. The average molecular weight is 293 g/mol. The van der Waals surface area contributed by atoms with Crippen molar-refractivity contribution >= 4 is 23.6 Å². The number of aliphatic hydroxyl groups is 1. The molecule has 0 aliphatic heterocycles. The monoisotopic (exact) mass is 292 g/mol. The lowest BCUT2D eigenvalue weighted by atomic mass is 10.2. The molecule has 2 aromatic rings. The lowest BCUT2D eigenvalue weighted by Gasteiger charge is -2.07. The third-order valence-electron chi connectivity index (χ3n) is 2.52. The number of carbonyl (C=O) groups is 1. The number of hydrogen-bond acceptors (Lipinski definition) is 4. The predicted octanol–water partition coefficient (Wildman–Crippen LogP) is 2.19. The summed E-state index contributed by atoms with van der Waals surface area (Å²) in [5.41, 5.74) is 0.760. The average Bonchev–Trinajstić information content (AvgIpc) is 2.98. The molecule has 0 saturated heterocycles. The minimum atomic E-state index is -0.862. The fourth-order valence-electron chi connectivity index (χ4n) is 1.50. The first-order valence-electron chi connectivity index (χ1n) is 5.94. The second kappa shape index (κ2) is 6.88. The molecule has 104 valence electrons. The van der Waals surface area contributed by atoms with Gasteiger partial charge >= 0.3 is 0 Å². The number of nitrogens with one attached hydrogen (secondary N) is 1. The molecule has 0 radical (unpaired) electrons. The zero-order chi connectivity index (χ0) is 14.4. The fraction of sp³-hybridized carbons (Fsp3) is 0.143. The molecule has 1 amide bonds. The number of rotatable bonds is 5. The second-order valence-electron chi connectivity index (χ2n) is 4.02. The van der Waals surface area contributed by atoms with Crippen LogP contribution in [0.4, 0.5) is 0 Å². The van der Waals surface area contributed by atoms with Crippen LogP contribution in [0.5, 0.6) is 0 Å². The highest BCUT2D eigenvalue weighted by Crippen LogP contribution is 2.11. The van der Waals surface area contributed by atoms with Crippen LogP contribution in [0.3, 0.4) is 0 Å². The van der Waals surface area contributed by atoms with Crippen molar-refractivity contribution in [1.29, 1.82) is 0 Å². The summed E-state index contributed by atoms with van der Waals surface area (Å²) < 4.78 is 5.03. The van der Waals surface area contributed by atoms with Crippen molar-refractivity contribution in [3.63, 3.8) is 0 Å². The summed E-state index contributed by atoms with van der Waals surface area (Å²) in [7, 11) is 0. The van der Waals surface area contributed by atoms with Crippen molar-refractivity contribution in [2.24, 2.45) is 0 Å². The van der Waals surface area contributed by atoms with Crippen LogP contribution in [-0.2, 0) is 4.79 Å². The van der Waals surface area contributed by atoms with Crippen molar-refractivity contribution in [2.45, 2.75) is 6.10 Å². The Hall–Kier alpha value is -2.11. The summed E-state index contributed by atoms with van der Waals surface area (Å²) in [4.78, 5) is 15.5. The quantitative estimate of drug-likeness (QED) is 0.654. The maximum atomic E-state index is 11.6. The van der Waals surface area contributed by atoms with Crippen LogP contribution < -0.4 is 5.32 Å². The zero-order valence-electron chi connectivity index (χ0n) is 10.5. The third-order valence-corrected chi connectivity index (χ3v) is 2.74. The standard InChI is InChI=1S/C14H13ClN2O3/c15-13-5-3-10(8-16-13)4-6-14(19)17-9-11(18)12-2-1-7-20-12/h1-8,11,18H,9H2,(H,17,19)/b6-4+. The Kier molecular flexibility index (Phi) is 4.92. The highest BCUT2D eigenvalue weighted by Gasteiger charge is 2.10. The van der Waals surface area contributed by atoms with E-state index >= 15 is 0 Å². The van der Waals surface area contributed by atoms with E-state index in [0.717, 1.165) is 5.56 Å². The molecule has 0 bridgehead atoms. The number of hydrogen-bond donors (Lipinski definition) is 2. The Morgan fingerprint density at radius 3 is 3.00 bits per heavy atom. The van der Waals surface area contributed by atoms with E-state index < -0.39 is 6.10 Å². The van der Waals surface area contributed by atoms with Gasteiger partial charge in [-0.05, 0) is 29.8 Å². The van der Waals surface area contributed by atoms with Crippen LogP contribution in [0, 0.1) is 0 Å². The van der Waals surface area contributed by atoms with E-state index in [1.54, 1.807) is 36.5 Å². The van der Waals surface area contributed by atoms with Gasteiger partial charge in [0.05, 0.1) is 12.8 Å². The van der Waals surface area contributed by atoms with Gasteiger partial charge in [-0.2, -0.15) is 0 Å². The van der Waals surface area contributed by atoms with Crippen molar-refractivity contribution < 1.29 is 14.3 Å². The van der Waals surface area contributed by atoms with Gasteiger partial charge in [-0.1, -0.05) is 17.7 Å². The van der Waals surface area contributed by atoms with E-state index in [4.69, 9.17) is 16.0 Å². The molecule has 0 spiro atoms. The molecular formula is C14H13ClN2O3. The molecule has 5 nitrogen and oxygen atoms in total. The Morgan fingerprint density at radius 2 is 2.35 bits per heavy atom. The number of nitrogens with zero attached hydrogens (tertiary/aromatic N) is 1. The highest BCUT2D eigenvalue weighted by atomic mass is 35.5. The first-order valence-corrected chi connectivity index (χ1v) is 6.32. The summed E-state index contributed by atoms with van der Waals surface area (Å²) in [5, 5.41) is 12.7. The Bertz CT molecular complexity index is 579. The van der Waals surface area contributed by atoms with Crippen LogP contribution in [0.25, 0.3) is 6.08 Å². The van der Waals surface area contributed by atoms with E-state index in [1.165, 1.54) is 12.3 Å². The van der Waals surface area contributed by atoms with Crippen LogP contribution in [0.2, 0.25) is 5.15 Å².